The molecule has 2 N–H and O–H groups in total. The van der Waals surface area contributed by atoms with E-state index in [2.05, 4.69) is 10.6 Å². The molecule has 7 nitrogen and oxygen atoms in total. The molecule has 3 amide bonds. The van der Waals surface area contributed by atoms with Crippen LogP contribution in [-0.2, 0) is 14.4 Å². The van der Waals surface area contributed by atoms with Gasteiger partial charge in [0.2, 0.25) is 5.91 Å². The molecular formula is C20H27N3O4. The lowest BCUT2D eigenvalue weighted by molar-refractivity contribution is -0.136. The van der Waals surface area contributed by atoms with E-state index < -0.39 is 11.8 Å². The fourth-order valence-corrected chi connectivity index (χ4v) is 3.74. The zero-order valence-corrected chi connectivity index (χ0v) is 15.8. The molecule has 1 aromatic carbocycles. The van der Waals surface area contributed by atoms with Crippen LogP contribution in [0.1, 0.15) is 51.4 Å². The largest absolute Gasteiger partial charge is 0.494 e. The summed E-state index contributed by atoms with van der Waals surface area (Å²) in [5.74, 6) is -0.744. The molecule has 1 aliphatic heterocycles. The molecule has 0 unspecified atom stereocenters. The number of carbonyl (C=O) groups is 3. The van der Waals surface area contributed by atoms with Crippen molar-refractivity contribution in [3.05, 3.63) is 18.2 Å². The molecule has 3 rings (SSSR count). The van der Waals surface area contributed by atoms with Gasteiger partial charge < -0.3 is 20.3 Å². The Morgan fingerprint density at radius 2 is 1.81 bits per heavy atom. The normalized spacial score (nSPS) is 18.1. The standard InChI is InChI=1S/C20H27N3O4/c1-27-17-13-15(10-11-16(17)23-12-6-9-18(23)24)22-20(26)19(25)21-14-7-4-2-3-5-8-14/h10-11,13-14H,2-9,12H2,1H3,(H,21,25)(H,22,26). The Morgan fingerprint density at radius 1 is 1.07 bits per heavy atom. The maximum absolute atomic E-state index is 12.2. The maximum atomic E-state index is 12.2. The predicted octanol–water partition coefficient (Wildman–Crippen LogP) is 2.60. The second-order valence-electron chi connectivity index (χ2n) is 7.15. The van der Waals surface area contributed by atoms with Crippen LogP contribution in [0.3, 0.4) is 0 Å². The molecule has 27 heavy (non-hydrogen) atoms. The van der Waals surface area contributed by atoms with Crippen LogP contribution in [-0.4, -0.2) is 37.4 Å². The van der Waals surface area contributed by atoms with Crippen molar-refractivity contribution in [1.29, 1.82) is 0 Å². The summed E-state index contributed by atoms with van der Waals surface area (Å²) < 4.78 is 5.38. The van der Waals surface area contributed by atoms with Crippen molar-refractivity contribution in [3.8, 4) is 5.75 Å². The number of hydrogen-bond donors (Lipinski definition) is 2. The predicted molar refractivity (Wildman–Crippen MR) is 103 cm³/mol. The van der Waals surface area contributed by atoms with Crippen LogP contribution in [0.5, 0.6) is 5.75 Å². The Labute approximate surface area is 159 Å². The highest BCUT2D eigenvalue weighted by atomic mass is 16.5. The second kappa shape index (κ2) is 8.88. The lowest BCUT2D eigenvalue weighted by Gasteiger charge is -2.20. The van der Waals surface area contributed by atoms with E-state index in [0.29, 0.717) is 30.1 Å². The van der Waals surface area contributed by atoms with Crippen LogP contribution in [0.4, 0.5) is 11.4 Å². The van der Waals surface area contributed by atoms with Crippen LogP contribution >= 0.6 is 0 Å². The summed E-state index contributed by atoms with van der Waals surface area (Å²) in [7, 11) is 1.52. The van der Waals surface area contributed by atoms with E-state index in [0.717, 1.165) is 32.1 Å². The first kappa shape index (κ1) is 19.2. The van der Waals surface area contributed by atoms with Gasteiger partial charge >= 0.3 is 11.8 Å². The van der Waals surface area contributed by atoms with Gasteiger partial charge in [0.25, 0.3) is 0 Å². The van der Waals surface area contributed by atoms with E-state index in [9.17, 15) is 14.4 Å². The molecule has 7 heteroatoms. The molecule has 1 aliphatic carbocycles. The lowest BCUT2D eigenvalue weighted by Crippen LogP contribution is -2.41. The van der Waals surface area contributed by atoms with Crippen molar-refractivity contribution >= 4 is 29.1 Å². The van der Waals surface area contributed by atoms with Gasteiger partial charge in [-0.15, -0.1) is 0 Å². The first-order valence-corrected chi connectivity index (χ1v) is 9.68. The molecule has 0 radical (unpaired) electrons. The summed E-state index contributed by atoms with van der Waals surface area (Å²) in [6.07, 6.45) is 7.73. The van der Waals surface area contributed by atoms with Crippen molar-refractivity contribution in [2.75, 3.05) is 23.9 Å². The van der Waals surface area contributed by atoms with Gasteiger partial charge in [-0.25, -0.2) is 0 Å². The number of benzene rings is 1. The Hall–Kier alpha value is -2.57. The first-order chi connectivity index (χ1) is 13.1. The van der Waals surface area contributed by atoms with E-state index in [1.807, 2.05) is 0 Å². The van der Waals surface area contributed by atoms with E-state index in [-0.39, 0.29) is 11.9 Å². The highest BCUT2D eigenvalue weighted by Crippen LogP contribution is 2.33. The number of methoxy groups -OCH3 is 1. The summed E-state index contributed by atoms with van der Waals surface area (Å²) in [6, 6.07) is 5.13. The second-order valence-corrected chi connectivity index (χ2v) is 7.15. The summed E-state index contributed by atoms with van der Waals surface area (Å²) >= 11 is 0. The highest BCUT2D eigenvalue weighted by molar-refractivity contribution is 6.39. The van der Waals surface area contributed by atoms with Crippen molar-refractivity contribution in [2.24, 2.45) is 0 Å². The summed E-state index contributed by atoms with van der Waals surface area (Å²) in [5.41, 5.74) is 1.14. The fourth-order valence-electron chi connectivity index (χ4n) is 3.74. The summed E-state index contributed by atoms with van der Waals surface area (Å²) in [6.45, 7) is 0.657. The Bertz CT molecular complexity index is 711. The van der Waals surface area contributed by atoms with Crippen molar-refractivity contribution < 1.29 is 19.1 Å². The number of rotatable bonds is 4. The van der Waals surface area contributed by atoms with Gasteiger partial charge in [-0.2, -0.15) is 0 Å². The summed E-state index contributed by atoms with van der Waals surface area (Å²) in [5, 5.41) is 5.45. The van der Waals surface area contributed by atoms with Crippen molar-refractivity contribution in [1.82, 2.24) is 5.32 Å². The molecule has 1 heterocycles. The molecule has 0 spiro atoms. The minimum Gasteiger partial charge on any atom is -0.494 e. The molecule has 2 fully saturated rings. The Morgan fingerprint density at radius 3 is 2.44 bits per heavy atom. The third-order valence-electron chi connectivity index (χ3n) is 5.20. The molecule has 1 saturated heterocycles. The molecule has 0 bridgehead atoms. The number of carbonyl (C=O) groups excluding carboxylic acids is 3. The van der Waals surface area contributed by atoms with Crippen LogP contribution in [0, 0.1) is 0 Å². The molecule has 2 aliphatic rings. The van der Waals surface area contributed by atoms with Crippen LogP contribution in [0.15, 0.2) is 18.2 Å². The average molecular weight is 373 g/mol. The van der Waals surface area contributed by atoms with Gasteiger partial charge in [-0.05, 0) is 31.4 Å². The van der Waals surface area contributed by atoms with Gasteiger partial charge in [-0.1, -0.05) is 25.7 Å². The Kier molecular flexibility index (Phi) is 6.32. The molecule has 146 valence electrons. The monoisotopic (exact) mass is 373 g/mol. The zero-order chi connectivity index (χ0) is 19.2. The fraction of sp³-hybridized carbons (Fsp3) is 0.550. The van der Waals surface area contributed by atoms with Crippen LogP contribution < -0.4 is 20.3 Å². The average Bonchev–Trinajstić information content (AvgIpc) is 2.92. The number of nitrogens with one attached hydrogen (secondary N) is 2. The third-order valence-corrected chi connectivity index (χ3v) is 5.20. The maximum Gasteiger partial charge on any atom is 0.313 e. The molecule has 1 aromatic rings. The van der Waals surface area contributed by atoms with Crippen molar-refractivity contribution in [3.63, 3.8) is 0 Å². The number of amides is 3. The van der Waals surface area contributed by atoms with E-state index in [1.54, 1.807) is 23.1 Å². The quantitative estimate of drug-likeness (QED) is 0.627. The number of anilines is 2. The minimum atomic E-state index is -0.689. The van der Waals surface area contributed by atoms with E-state index >= 15 is 0 Å². The Balaban J connectivity index is 1.63. The summed E-state index contributed by atoms with van der Waals surface area (Å²) in [4.78, 5) is 38.1. The number of nitrogens with zero attached hydrogens (tertiary/aromatic N) is 1. The smallest absolute Gasteiger partial charge is 0.313 e. The van der Waals surface area contributed by atoms with Crippen molar-refractivity contribution in [2.45, 2.75) is 57.4 Å². The van der Waals surface area contributed by atoms with Gasteiger partial charge in [0.05, 0.1) is 12.8 Å². The van der Waals surface area contributed by atoms with E-state index in [4.69, 9.17) is 4.74 Å². The third kappa shape index (κ3) is 4.78. The van der Waals surface area contributed by atoms with Gasteiger partial charge in [0.1, 0.15) is 5.75 Å². The SMILES string of the molecule is COc1cc(NC(=O)C(=O)NC2CCCCCC2)ccc1N1CCCC1=O. The van der Waals surface area contributed by atoms with Gasteiger partial charge in [-0.3, -0.25) is 14.4 Å². The molecule has 1 saturated carbocycles. The minimum absolute atomic E-state index is 0.0628. The van der Waals surface area contributed by atoms with Crippen LogP contribution in [0.25, 0.3) is 0 Å². The topological polar surface area (TPSA) is 87.7 Å². The zero-order valence-electron chi connectivity index (χ0n) is 15.8. The lowest BCUT2D eigenvalue weighted by atomic mass is 10.1. The molecule has 0 atom stereocenters. The molecule has 0 aromatic heterocycles. The van der Waals surface area contributed by atoms with E-state index in [1.165, 1.54) is 20.0 Å². The number of ether oxygens (including phenoxy) is 1. The molecular weight excluding hydrogens is 346 g/mol. The van der Waals surface area contributed by atoms with Crippen LogP contribution in [0.2, 0.25) is 0 Å². The van der Waals surface area contributed by atoms with Gasteiger partial charge in [0.15, 0.2) is 0 Å². The van der Waals surface area contributed by atoms with Gasteiger partial charge in [0, 0.05) is 30.8 Å². The first-order valence-electron chi connectivity index (χ1n) is 9.68. The number of hydrogen-bond acceptors (Lipinski definition) is 4. The highest BCUT2D eigenvalue weighted by Gasteiger charge is 2.25.